The molecule has 5 rings (SSSR count). The van der Waals surface area contributed by atoms with Crippen LogP contribution in [0.2, 0.25) is 0 Å². The van der Waals surface area contributed by atoms with Crippen LogP contribution in [0.5, 0.6) is 0 Å². The van der Waals surface area contributed by atoms with Gasteiger partial charge in [-0.2, -0.15) is 0 Å². The van der Waals surface area contributed by atoms with Gasteiger partial charge < -0.3 is 14.4 Å². The second kappa shape index (κ2) is 11.9. The summed E-state index contributed by atoms with van der Waals surface area (Å²) in [5.41, 5.74) is 4.61. The Bertz CT molecular complexity index is 1320. The van der Waals surface area contributed by atoms with Crippen molar-refractivity contribution in [2.24, 2.45) is 0 Å². The lowest BCUT2D eigenvalue weighted by Crippen LogP contribution is -2.49. The third-order valence-electron chi connectivity index (χ3n) is 7.99. The van der Waals surface area contributed by atoms with Gasteiger partial charge in [0.2, 0.25) is 0 Å². The number of piperazine rings is 1. The molecule has 0 atom stereocenters. The summed E-state index contributed by atoms with van der Waals surface area (Å²) in [6, 6.07) is 25.6. The summed E-state index contributed by atoms with van der Waals surface area (Å²) in [7, 11) is 0. The van der Waals surface area contributed by atoms with Crippen LogP contribution >= 0.6 is 0 Å². The van der Waals surface area contributed by atoms with Gasteiger partial charge in [0.1, 0.15) is 0 Å². The van der Waals surface area contributed by atoms with Crippen LogP contribution in [0.3, 0.4) is 0 Å². The maximum Gasteiger partial charge on any atom is 0.254 e. The summed E-state index contributed by atoms with van der Waals surface area (Å²) < 4.78 is 2.42. The van der Waals surface area contributed by atoms with E-state index in [-0.39, 0.29) is 5.91 Å². The highest BCUT2D eigenvalue weighted by Crippen LogP contribution is 2.30. The Morgan fingerprint density at radius 1 is 0.784 bits per heavy atom. The minimum atomic E-state index is 0.157. The van der Waals surface area contributed by atoms with Crippen LogP contribution in [0.1, 0.15) is 36.2 Å². The summed E-state index contributed by atoms with van der Waals surface area (Å²) in [6.45, 7) is 13.2. The number of para-hydroxylation sites is 1. The van der Waals surface area contributed by atoms with Crippen LogP contribution in [0.15, 0.2) is 72.8 Å². The molecule has 37 heavy (non-hydrogen) atoms. The summed E-state index contributed by atoms with van der Waals surface area (Å²) >= 11 is 0. The number of benzene rings is 3. The molecule has 5 heteroatoms. The SMILES string of the molecule is CCN(CC)CCCn1c2ccccc2c2ccc(C(=O)N3CCN(CCc4ccccc4)CC3)cc21. The van der Waals surface area contributed by atoms with Crippen molar-refractivity contribution in [1.29, 1.82) is 0 Å². The number of rotatable bonds is 10. The van der Waals surface area contributed by atoms with Gasteiger partial charge in [-0.25, -0.2) is 0 Å². The second-order valence-corrected chi connectivity index (χ2v) is 10.2. The van der Waals surface area contributed by atoms with Gasteiger partial charge in [-0.05, 0) is 56.2 Å². The third-order valence-corrected chi connectivity index (χ3v) is 7.99. The molecular formula is C32H40N4O. The highest BCUT2D eigenvalue weighted by Gasteiger charge is 2.23. The Morgan fingerprint density at radius 3 is 2.24 bits per heavy atom. The second-order valence-electron chi connectivity index (χ2n) is 10.2. The first-order valence-electron chi connectivity index (χ1n) is 14.0. The quantitative estimate of drug-likeness (QED) is 0.289. The van der Waals surface area contributed by atoms with E-state index in [9.17, 15) is 4.79 Å². The van der Waals surface area contributed by atoms with Crippen molar-refractivity contribution in [3.63, 3.8) is 0 Å². The minimum Gasteiger partial charge on any atom is -0.340 e. The fourth-order valence-electron chi connectivity index (χ4n) is 5.70. The van der Waals surface area contributed by atoms with Crippen molar-refractivity contribution in [1.82, 2.24) is 19.3 Å². The van der Waals surface area contributed by atoms with Crippen LogP contribution in [0.4, 0.5) is 0 Å². The standard InChI is InChI=1S/C32H40N4O/c1-3-33(4-2)18-10-19-36-30-14-9-8-13-28(30)29-16-15-27(25-31(29)36)32(37)35-23-21-34(22-24-35)20-17-26-11-6-5-7-12-26/h5-9,11-16,25H,3-4,10,17-24H2,1-2H3. The van der Waals surface area contributed by atoms with E-state index in [2.05, 4.69) is 94.9 Å². The number of fused-ring (bicyclic) bond motifs is 3. The van der Waals surface area contributed by atoms with Gasteiger partial charge in [-0.15, -0.1) is 0 Å². The highest BCUT2D eigenvalue weighted by molar-refractivity contribution is 6.10. The van der Waals surface area contributed by atoms with Crippen molar-refractivity contribution in [3.8, 4) is 0 Å². The van der Waals surface area contributed by atoms with Gasteiger partial charge in [0.25, 0.3) is 5.91 Å². The van der Waals surface area contributed by atoms with Gasteiger partial charge >= 0.3 is 0 Å². The first kappa shape index (κ1) is 25.5. The minimum absolute atomic E-state index is 0.157. The van der Waals surface area contributed by atoms with E-state index in [0.717, 1.165) is 77.3 Å². The molecule has 2 heterocycles. The molecule has 0 radical (unpaired) electrons. The van der Waals surface area contributed by atoms with Crippen LogP contribution in [-0.2, 0) is 13.0 Å². The number of nitrogens with zero attached hydrogens (tertiary/aromatic N) is 4. The Kier molecular flexibility index (Phi) is 8.22. The zero-order valence-corrected chi connectivity index (χ0v) is 22.4. The third kappa shape index (κ3) is 5.73. The van der Waals surface area contributed by atoms with Crippen LogP contribution in [0.25, 0.3) is 21.8 Å². The van der Waals surface area contributed by atoms with Crippen LogP contribution in [0, 0.1) is 0 Å². The van der Waals surface area contributed by atoms with Gasteiger partial charge in [-0.1, -0.05) is 68.4 Å². The first-order valence-corrected chi connectivity index (χ1v) is 14.0. The van der Waals surface area contributed by atoms with Crippen molar-refractivity contribution >= 4 is 27.7 Å². The molecule has 1 aliphatic heterocycles. The van der Waals surface area contributed by atoms with Crippen molar-refractivity contribution < 1.29 is 4.79 Å². The fourth-order valence-corrected chi connectivity index (χ4v) is 5.70. The number of amides is 1. The topological polar surface area (TPSA) is 31.7 Å². The van der Waals surface area contributed by atoms with Crippen molar-refractivity contribution in [2.75, 3.05) is 52.4 Å². The predicted octanol–water partition coefficient (Wildman–Crippen LogP) is 5.53. The zero-order valence-electron chi connectivity index (χ0n) is 22.4. The van der Waals surface area contributed by atoms with Gasteiger partial charge in [0, 0.05) is 66.6 Å². The smallest absolute Gasteiger partial charge is 0.254 e. The molecule has 1 saturated heterocycles. The van der Waals surface area contributed by atoms with E-state index in [4.69, 9.17) is 0 Å². The molecule has 194 valence electrons. The lowest BCUT2D eigenvalue weighted by Gasteiger charge is -2.34. The average Bonchev–Trinajstić information content (AvgIpc) is 3.27. The number of hydrogen-bond acceptors (Lipinski definition) is 3. The van der Waals surface area contributed by atoms with Crippen molar-refractivity contribution in [2.45, 2.75) is 33.2 Å². The lowest BCUT2D eigenvalue weighted by molar-refractivity contribution is 0.0638. The number of aryl methyl sites for hydroxylation is 1. The monoisotopic (exact) mass is 496 g/mol. The van der Waals surface area contributed by atoms with Gasteiger partial charge in [0.15, 0.2) is 0 Å². The van der Waals surface area contributed by atoms with E-state index in [0.29, 0.717) is 0 Å². The summed E-state index contributed by atoms with van der Waals surface area (Å²) in [5, 5.41) is 2.51. The first-order chi connectivity index (χ1) is 18.2. The molecule has 0 unspecified atom stereocenters. The normalized spacial score (nSPS) is 14.7. The number of carbonyl (C=O) groups is 1. The molecule has 5 nitrogen and oxygen atoms in total. The Morgan fingerprint density at radius 2 is 1.49 bits per heavy atom. The predicted molar refractivity (Wildman–Crippen MR) is 154 cm³/mol. The molecule has 1 amide bonds. The Labute approximate surface area is 221 Å². The van der Waals surface area contributed by atoms with E-state index >= 15 is 0 Å². The molecular weight excluding hydrogens is 456 g/mol. The maximum absolute atomic E-state index is 13.5. The number of hydrogen-bond donors (Lipinski definition) is 0. The molecule has 0 aliphatic carbocycles. The van der Waals surface area contributed by atoms with Gasteiger partial charge in [0.05, 0.1) is 0 Å². The summed E-state index contributed by atoms with van der Waals surface area (Å²) in [4.78, 5) is 20.5. The Balaban J connectivity index is 1.29. The molecule has 4 aromatic rings. The lowest BCUT2D eigenvalue weighted by atomic mass is 10.1. The molecule has 0 N–H and O–H groups in total. The molecule has 0 saturated carbocycles. The number of aromatic nitrogens is 1. The number of carbonyl (C=O) groups excluding carboxylic acids is 1. The summed E-state index contributed by atoms with van der Waals surface area (Å²) in [5.74, 6) is 0.157. The Hall–Kier alpha value is -3.15. The molecule has 0 bridgehead atoms. The zero-order chi connectivity index (χ0) is 25.6. The molecule has 1 aromatic heterocycles. The average molecular weight is 497 g/mol. The highest BCUT2D eigenvalue weighted by atomic mass is 16.2. The van der Waals surface area contributed by atoms with E-state index in [1.807, 2.05) is 11.0 Å². The van der Waals surface area contributed by atoms with E-state index < -0.39 is 0 Å². The maximum atomic E-state index is 13.5. The van der Waals surface area contributed by atoms with E-state index in [1.165, 1.54) is 27.4 Å². The van der Waals surface area contributed by atoms with Gasteiger partial charge in [-0.3, -0.25) is 9.69 Å². The fraction of sp³-hybridized carbons (Fsp3) is 0.406. The van der Waals surface area contributed by atoms with Crippen LogP contribution in [-0.4, -0.2) is 77.5 Å². The van der Waals surface area contributed by atoms with E-state index in [1.54, 1.807) is 0 Å². The van der Waals surface area contributed by atoms with Crippen LogP contribution < -0.4 is 0 Å². The molecule has 1 fully saturated rings. The molecule has 1 aliphatic rings. The largest absolute Gasteiger partial charge is 0.340 e. The van der Waals surface area contributed by atoms with Crippen molar-refractivity contribution in [3.05, 3.63) is 83.9 Å². The molecule has 3 aromatic carbocycles. The molecule has 0 spiro atoms. The summed E-state index contributed by atoms with van der Waals surface area (Å²) in [6.07, 6.45) is 2.16.